The second kappa shape index (κ2) is 12.9. The summed E-state index contributed by atoms with van der Waals surface area (Å²) in [6.07, 6.45) is 7.53. The van der Waals surface area contributed by atoms with Crippen molar-refractivity contribution < 1.29 is 19.5 Å². The molecule has 2 aromatic heterocycles. The quantitative estimate of drug-likeness (QED) is 0.210. The Labute approximate surface area is 265 Å². The van der Waals surface area contributed by atoms with Gasteiger partial charge in [-0.05, 0) is 109 Å². The fourth-order valence-corrected chi connectivity index (χ4v) is 7.05. The number of pyridine rings is 1. The van der Waals surface area contributed by atoms with Gasteiger partial charge in [0.2, 0.25) is 0 Å². The van der Waals surface area contributed by atoms with Crippen molar-refractivity contribution >= 4 is 23.4 Å². The van der Waals surface area contributed by atoms with Gasteiger partial charge in [-0.2, -0.15) is 0 Å². The lowest BCUT2D eigenvalue weighted by atomic mass is 9.72. The van der Waals surface area contributed by atoms with Crippen molar-refractivity contribution in [3.8, 4) is 11.4 Å². The summed E-state index contributed by atoms with van der Waals surface area (Å²) in [6.45, 7) is 3.24. The number of methoxy groups -OCH3 is 1. The largest absolute Gasteiger partial charge is 0.496 e. The number of halogens is 1. The molecule has 2 fully saturated rings. The van der Waals surface area contributed by atoms with Crippen LogP contribution in [0.1, 0.15) is 47.2 Å². The van der Waals surface area contributed by atoms with E-state index in [-0.39, 0.29) is 11.3 Å². The molecule has 0 radical (unpaired) electrons. The van der Waals surface area contributed by atoms with E-state index in [1.807, 2.05) is 40.7 Å². The van der Waals surface area contributed by atoms with Gasteiger partial charge in [0.1, 0.15) is 12.1 Å². The third kappa shape index (κ3) is 6.00. The van der Waals surface area contributed by atoms with Gasteiger partial charge in [0.15, 0.2) is 0 Å². The molecular weight excluding hydrogens is 596 g/mol. The maximum atomic E-state index is 14.0. The minimum atomic E-state index is -0.814. The van der Waals surface area contributed by atoms with Crippen molar-refractivity contribution in [1.29, 1.82) is 0 Å². The fraction of sp³-hybridized carbons (Fsp3) is 0.375. The zero-order valence-electron chi connectivity index (χ0n) is 25.0. The molecule has 1 atom stereocenters. The van der Waals surface area contributed by atoms with Crippen LogP contribution in [-0.4, -0.2) is 91.8 Å². The Morgan fingerprint density at radius 1 is 1.02 bits per heavy atom. The predicted molar refractivity (Wildman–Crippen MR) is 165 cm³/mol. The number of benzene rings is 2. The lowest BCUT2D eigenvalue weighted by Gasteiger charge is -2.41. The van der Waals surface area contributed by atoms with Crippen LogP contribution in [0.25, 0.3) is 5.69 Å². The molecule has 45 heavy (non-hydrogen) atoms. The number of rotatable bonds is 9. The summed E-state index contributed by atoms with van der Waals surface area (Å²) in [7, 11) is 1.55. The molecule has 6 rings (SSSR count). The number of likely N-dealkylation sites (tertiary alicyclic amines) is 2. The van der Waals surface area contributed by atoms with Gasteiger partial charge in [0.25, 0.3) is 11.8 Å². The highest BCUT2D eigenvalue weighted by Crippen LogP contribution is 2.41. The third-order valence-electron chi connectivity index (χ3n) is 9.49. The zero-order chi connectivity index (χ0) is 31.4. The van der Waals surface area contributed by atoms with Crippen molar-refractivity contribution in [3.05, 3.63) is 95.0 Å². The van der Waals surface area contributed by atoms with E-state index >= 15 is 0 Å². The molecule has 0 saturated carbocycles. The van der Waals surface area contributed by atoms with Crippen LogP contribution in [0, 0.1) is 0 Å². The van der Waals surface area contributed by atoms with Gasteiger partial charge in [0.05, 0.1) is 23.8 Å². The number of aromatic nitrogens is 5. The topological polar surface area (TPSA) is 139 Å². The van der Waals surface area contributed by atoms with E-state index in [2.05, 4.69) is 31.5 Å². The van der Waals surface area contributed by atoms with E-state index in [0.717, 1.165) is 30.5 Å². The minimum Gasteiger partial charge on any atom is -0.496 e. The molecule has 2 aliphatic rings. The molecule has 12 nitrogen and oxygen atoms in total. The maximum Gasteiger partial charge on any atom is 0.257 e. The SMILES string of the molecule is COc1ccc(-n2cnnn2)cc1C(=O)N1CCC(CCN2CCC(C(=O)NO)(c3ccncc3)CC2)(c2cccc(Cl)c2)C1. The van der Waals surface area contributed by atoms with Crippen LogP contribution in [0.3, 0.4) is 0 Å². The number of hydrogen-bond donors (Lipinski definition) is 2. The van der Waals surface area contributed by atoms with Crippen LogP contribution >= 0.6 is 11.6 Å². The zero-order valence-corrected chi connectivity index (χ0v) is 25.7. The van der Waals surface area contributed by atoms with Gasteiger partial charge < -0.3 is 14.5 Å². The number of tetrazole rings is 1. The number of carbonyl (C=O) groups excluding carboxylic acids is 2. The van der Waals surface area contributed by atoms with E-state index in [0.29, 0.717) is 61.0 Å². The van der Waals surface area contributed by atoms with Gasteiger partial charge >= 0.3 is 0 Å². The molecule has 2 N–H and O–H groups in total. The van der Waals surface area contributed by atoms with Gasteiger partial charge in [0, 0.05) is 35.9 Å². The Morgan fingerprint density at radius 2 is 1.82 bits per heavy atom. The second-order valence-corrected chi connectivity index (χ2v) is 12.2. The average molecular weight is 631 g/mol. The number of hydroxylamine groups is 1. The molecule has 0 bridgehead atoms. The number of carbonyl (C=O) groups is 2. The number of amides is 2. The van der Waals surface area contributed by atoms with Crippen molar-refractivity contribution in [2.45, 2.75) is 36.5 Å². The number of ether oxygens (including phenoxy) is 1. The Hall–Kier alpha value is -4.39. The summed E-state index contributed by atoms with van der Waals surface area (Å²) in [4.78, 5) is 35.3. The average Bonchev–Trinajstić information content (AvgIpc) is 3.79. The molecule has 4 heterocycles. The van der Waals surface area contributed by atoms with E-state index in [1.54, 1.807) is 37.7 Å². The van der Waals surface area contributed by atoms with Crippen LogP contribution in [0.15, 0.2) is 73.3 Å². The molecule has 0 spiro atoms. The molecule has 4 aromatic rings. The summed E-state index contributed by atoms with van der Waals surface area (Å²) < 4.78 is 7.07. The molecular formula is C32H35ClN8O4. The third-order valence-corrected chi connectivity index (χ3v) is 9.73. The van der Waals surface area contributed by atoms with Crippen LogP contribution < -0.4 is 10.2 Å². The Morgan fingerprint density at radius 3 is 2.51 bits per heavy atom. The molecule has 1 unspecified atom stereocenters. The van der Waals surface area contributed by atoms with E-state index in [4.69, 9.17) is 16.3 Å². The summed E-state index contributed by atoms with van der Waals surface area (Å²) in [5.41, 5.74) is 3.82. The number of hydrogen-bond acceptors (Lipinski definition) is 9. The second-order valence-electron chi connectivity index (χ2n) is 11.8. The van der Waals surface area contributed by atoms with E-state index < -0.39 is 11.3 Å². The van der Waals surface area contributed by atoms with Crippen LogP contribution in [0.4, 0.5) is 0 Å². The molecule has 2 aromatic carbocycles. The number of piperidine rings is 1. The van der Waals surface area contributed by atoms with Gasteiger partial charge in [-0.3, -0.25) is 19.8 Å². The molecule has 234 valence electrons. The molecule has 0 aliphatic carbocycles. The van der Waals surface area contributed by atoms with E-state index in [1.165, 1.54) is 11.0 Å². The van der Waals surface area contributed by atoms with Gasteiger partial charge in [-0.15, -0.1) is 5.10 Å². The normalized spacial score (nSPS) is 19.8. The number of nitrogens with zero attached hydrogens (tertiary/aromatic N) is 7. The Bertz CT molecular complexity index is 1650. The summed E-state index contributed by atoms with van der Waals surface area (Å²) in [5.74, 6) is -0.0379. The number of nitrogens with one attached hydrogen (secondary N) is 1. The molecule has 13 heteroatoms. The predicted octanol–water partition coefficient (Wildman–Crippen LogP) is 3.43. The smallest absolute Gasteiger partial charge is 0.257 e. The van der Waals surface area contributed by atoms with Crippen molar-refractivity contribution in [3.63, 3.8) is 0 Å². The van der Waals surface area contributed by atoms with Gasteiger partial charge in [-0.1, -0.05) is 23.7 Å². The molecule has 2 amide bonds. The first-order valence-corrected chi connectivity index (χ1v) is 15.3. The monoisotopic (exact) mass is 630 g/mol. The lowest BCUT2D eigenvalue weighted by molar-refractivity contribution is -0.137. The summed E-state index contributed by atoms with van der Waals surface area (Å²) in [6, 6.07) is 16.9. The van der Waals surface area contributed by atoms with Crippen molar-refractivity contribution in [2.75, 3.05) is 39.8 Å². The Kier molecular flexibility index (Phi) is 8.79. The van der Waals surface area contributed by atoms with Gasteiger partial charge in [-0.25, -0.2) is 10.2 Å². The Balaban J connectivity index is 1.21. The summed E-state index contributed by atoms with van der Waals surface area (Å²) in [5, 5.41) is 21.6. The first-order valence-electron chi connectivity index (χ1n) is 14.9. The fourth-order valence-electron chi connectivity index (χ4n) is 6.86. The standard InChI is InChI=1S/C32H35ClN8O4/c1-45-28-6-5-26(41-22-35-37-38-41)20-27(28)29(42)40-18-10-31(21-40,24-3-2-4-25(33)19-24)9-15-39-16-11-32(12-17-39,30(43)36-44)23-7-13-34-14-8-23/h2-8,13-14,19-20,22,44H,9-12,15-18,21H2,1H3,(H,36,43). The summed E-state index contributed by atoms with van der Waals surface area (Å²) >= 11 is 6.48. The van der Waals surface area contributed by atoms with E-state index in [9.17, 15) is 14.8 Å². The first kappa shape index (κ1) is 30.6. The van der Waals surface area contributed by atoms with Crippen molar-refractivity contribution in [2.24, 2.45) is 0 Å². The first-order chi connectivity index (χ1) is 21.9. The maximum absolute atomic E-state index is 14.0. The lowest BCUT2D eigenvalue weighted by Crippen LogP contribution is -2.51. The highest BCUT2D eigenvalue weighted by Gasteiger charge is 2.45. The van der Waals surface area contributed by atoms with Crippen LogP contribution in [0.2, 0.25) is 5.02 Å². The highest BCUT2D eigenvalue weighted by atomic mass is 35.5. The highest BCUT2D eigenvalue weighted by molar-refractivity contribution is 6.30. The molecule has 2 saturated heterocycles. The molecule has 2 aliphatic heterocycles. The van der Waals surface area contributed by atoms with Crippen LogP contribution in [0.5, 0.6) is 5.75 Å². The minimum absolute atomic E-state index is 0.124. The van der Waals surface area contributed by atoms with Crippen molar-refractivity contribution in [1.82, 2.24) is 40.5 Å². The van der Waals surface area contributed by atoms with Crippen LogP contribution in [-0.2, 0) is 15.6 Å².